The number of carbonyl (C=O) groups excluding carboxylic acids is 1. The summed E-state index contributed by atoms with van der Waals surface area (Å²) in [7, 11) is 1.58. The van der Waals surface area contributed by atoms with Gasteiger partial charge in [0.05, 0.1) is 31.1 Å². The van der Waals surface area contributed by atoms with E-state index in [2.05, 4.69) is 20.5 Å². The monoisotopic (exact) mass is 378 g/mol. The summed E-state index contributed by atoms with van der Waals surface area (Å²) in [5, 5.41) is 19.9. The zero-order valence-corrected chi connectivity index (χ0v) is 15.5. The number of rotatable bonds is 6. The van der Waals surface area contributed by atoms with Crippen molar-refractivity contribution in [1.82, 2.24) is 20.5 Å². The Balaban J connectivity index is 1.55. The number of benzene rings is 1. The molecule has 0 unspecified atom stereocenters. The van der Waals surface area contributed by atoms with E-state index in [0.29, 0.717) is 30.0 Å². The fraction of sp³-hybridized carbons (Fsp3) is 0.286. The minimum Gasteiger partial charge on any atom is -0.495 e. The molecule has 1 atom stereocenters. The molecular weight excluding hydrogens is 356 g/mol. The van der Waals surface area contributed by atoms with Crippen LogP contribution in [0.3, 0.4) is 0 Å². The van der Waals surface area contributed by atoms with Crippen LogP contribution in [0, 0.1) is 5.92 Å². The van der Waals surface area contributed by atoms with Gasteiger partial charge in [-0.1, -0.05) is 30.3 Å². The summed E-state index contributed by atoms with van der Waals surface area (Å²) in [6, 6.07) is 13.0. The van der Waals surface area contributed by atoms with Crippen LogP contribution in [-0.4, -0.2) is 39.4 Å². The summed E-state index contributed by atoms with van der Waals surface area (Å²) in [5.74, 6) is 0.526. The first-order valence-electron chi connectivity index (χ1n) is 9.22. The molecule has 3 aromatic rings. The fourth-order valence-electron chi connectivity index (χ4n) is 3.51. The molecule has 0 aliphatic heterocycles. The van der Waals surface area contributed by atoms with Crippen LogP contribution < -0.4 is 10.1 Å². The maximum absolute atomic E-state index is 12.9. The van der Waals surface area contributed by atoms with Gasteiger partial charge in [0.2, 0.25) is 0 Å². The van der Waals surface area contributed by atoms with Crippen LogP contribution >= 0.6 is 0 Å². The highest BCUT2D eigenvalue weighted by Crippen LogP contribution is 2.38. The zero-order valence-electron chi connectivity index (χ0n) is 15.5. The molecule has 0 spiro atoms. The quantitative estimate of drug-likeness (QED) is 0.612. The molecular formula is C21H22N4O3. The molecule has 1 aliphatic rings. The second kappa shape index (κ2) is 7.82. The Kier molecular flexibility index (Phi) is 5.08. The Hall–Kier alpha value is -3.19. The number of nitrogens with one attached hydrogen (secondary N) is 2. The van der Waals surface area contributed by atoms with Gasteiger partial charge in [0.15, 0.2) is 0 Å². The Morgan fingerprint density at radius 3 is 2.75 bits per heavy atom. The lowest BCUT2D eigenvalue weighted by Gasteiger charge is -2.38. The van der Waals surface area contributed by atoms with E-state index in [-0.39, 0.29) is 24.0 Å². The highest BCUT2D eigenvalue weighted by Gasteiger charge is 2.36. The SMILES string of the molecule is COc1cncc([C@H](NC(=O)c2cc(-c3ccccc3)n[nH]2)C2CC(O)C2)c1. The third-order valence-corrected chi connectivity index (χ3v) is 5.13. The molecule has 1 fully saturated rings. The third kappa shape index (κ3) is 3.75. The molecule has 0 saturated heterocycles. The Bertz CT molecular complexity index is 951. The average Bonchev–Trinajstić information content (AvgIpc) is 3.21. The first kappa shape index (κ1) is 18.2. The normalized spacial score (nSPS) is 19.5. The highest BCUT2D eigenvalue weighted by atomic mass is 16.5. The number of methoxy groups -OCH3 is 1. The molecule has 0 radical (unpaired) electrons. The van der Waals surface area contributed by atoms with Crippen molar-refractivity contribution in [3.63, 3.8) is 0 Å². The largest absolute Gasteiger partial charge is 0.495 e. The van der Waals surface area contributed by atoms with Crippen molar-refractivity contribution < 1.29 is 14.6 Å². The maximum Gasteiger partial charge on any atom is 0.269 e. The van der Waals surface area contributed by atoms with Gasteiger partial charge in [0.1, 0.15) is 11.4 Å². The van der Waals surface area contributed by atoms with Crippen molar-refractivity contribution in [2.75, 3.05) is 7.11 Å². The van der Waals surface area contributed by atoms with Crippen LogP contribution in [0.2, 0.25) is 0 Å². The Morgan fingerprint density at radius 1 is 1.25 bits per heavy atom. The first-order chi connectivity index (χ1) is 13.6. The third-order valence-electron chi connectivity index (χ3n) is 5.13. The van der Waals surface area contributed by atoms with Gasteiger partial charge in [-0.15, -0.1) is 0 Å². The van der Waals surface area contributed by atoms with Crippen molar-refractivity contribution in [2.24, 2.45) is 5.92 Å². The molecule has 2 aromatic heterocycles. The van der Waals surface area contributed by atoms with Gasteiger partial charge in [0.25, 0.3) is 5.91 Å². The predicted molar refractivity (Wildman–Crippen MR) is 104 cm³/mol. The van der Waals surface area contributed by atoms with E-state index in [9.17, 15) is 9.90 Å². The number of ether oxygens (including phenoxy) is 1. The van der Waals surface area contributed by atoms with Crippen LogP contribution in [0.15, 0.2) is 54.9 Å². The number of hydrogen-bond acceptors (Lipinski definition) is 5. The summed E-state index contributed by atoms with van der Waals surface area (Å²) in [6.45, 7) is 0. The molecule has 1 saturated carbocycles. The number of carbonyl (C=O) groups is 1. The molecule has 3 N–H and O–H groups in total. The van der Waals surface area contributed by atoms with Gasteiger partial charge >= 0.3 is 0 Å². The molecule has 1 aromatic carbocycles. The van der Waals surface area contributed by atoms with Gasteiger partial charge < -0.3 is 15.2 Å². The molecule has 1 aliphatic carbocycles. The summed E-state index contributed by atoms with van der Waals surface area (Å²) in [6.07, 6.45) is 4.31. The maximum atomic E-state index is 12.9. The van der Waals surface area contributed by atoms with Crippen molar-refractivity contribution in [2.45, 2.75) is 25.0 Å². The van der Waals surface area contributed by atoms with Crippen LogP contribution in [0.4, 0.5) is 0 Å². The predicted octanol–water partition coefficient (Wildman–Crippen LogP) is 2.72. The van der Waals surface area contributed by atoms with E-state index in [4.69, 9.17) is 4.74 Å². The van der Waals surface area contributed by atoms with Crippen molar-refractivity contribution >= 4 is 5.91 Å². The Labute approximate surface area is 162 Å². The average molecular weight is 378 g/mol. The number of aliphatic hydroxyl groups excluding tert-OH is 1. The smallest absolute Gasteiger partial charge is 0.269 e. The van der Waals surface area contributed by atoms with E-state index in [1.165, 1.54) is 0 Å². The summed E-state index contributed by atoms with van der Waals surface area (Å²) in [4.78, 5) is 17.1. The summed E-state index contributed by atoms with van der Waals surface area (Å²) < 4.78 is 5.26. The van der Waals surface area contributed by atoms with Gasteiger partial charge in [-0.3, -0.25) is 14.9 Å². The topological polar surface area (TPSA) is 100 Å². The number of hydrogen-bond donors (Lipinski definition) is 3. The van der Waals surface area contributed by atoms with Crippen LogP contribution in [0.25, 0.3) is 11.3 Å². The lowest BCUT2D eigenvalue weighted by molar-refractivity contribution is 0.0234. The van der Waals surface area contributed by atoms with Crippen LogP contribution in [0.1, 0.15) is 34.9 Å². The standard InChI is InChI=1S/C21H22N4O3/c1-28-17-9-15(11-22-12-17)20(14-7-16(26)8-14)23-21(27)19-10-18(24-25-19)13-5-3-2-4-6-13/h2-6,9-12,14,16,20,26H,7-8H2,1H3,(H,23,27)(H,24,25)/t14?,16?,20-/m1/s1. The van der Waals surface area contributed by atoms with Crippen LogP contribution in [0.5, 0.6) is 5.75 Å². The van der Waals surface area contributed by atoms with Crippen LogP contribution in [-0.2, 0) is 0 Å². The minimum atomic E-state index is -0.320. The highest BCUT2D eigenvalue weighted by molar-refractivity contribution is 5.93. The van der Waals surface area contributed by atoms with Gasteiger partial charge in [-0.25, -0.2) is 0 Å². The van der Waals surface area contributed by atoms with Crippen molar-refractivity contribution in [3.8, 4) is 17.0 Å². The lowest BCUT2D eigenvalue weighted by Crippen LogP contribution is -2.41. The summed E-state index contributed by atoms with van der Waals surface area (Å²) >= 11 is 0. The number of aliphatic hydroxyl groups is 1. The zero-order chi connectivity index (χ0) is 19.5. The lowest BCUT2D eigenvalue weighted by atomic mass is 9.75. The molecule has 2 heterocycles. The summed E-state index contributed by atoms with van der Waals surface area (Å²) in [5.41, 5.74) is 2.89. The van der Waals surface area contributed by atoms with Gasteiger partial charge in [0, 0.05) is 11.8 Å². The van der Waals surface area contributed by atoms with Crippen molar-refractivity contribution in [1.29, 1.82) is 0 Å². The Morgan fingerprint density at radius 2 is 2.04 bits per heavy atom. The van der Waals surface area contributed by atoms with Gasteiger partial charge in [-0.05, 0) is 36.5 Å². The fourth-order valence-corrected chi connectivity index (χ4v) is 3.51. The van der Waals surface area contributed by atoms with Gasteiger partial charge in [-0.2, -0.15) is 5.10 Å². The number of H-pyrrole nitrogens is 1. The van der Waals surface area contributed by atoms with Crippen molar-refractivity contribution in [3.05, 3.63) is 66.1 Å². The minimum absolute atomic E-state index is 0.143. The molecule has 7 nitrogen and oxygen atoms in total. The van der Waals surface area contributed by atoms with E-state index >= 15 is 0 Å². The second-order valence-electron chi connectivity index (χ2n) is 7.03. The molecule has 7 heteroatoms. The molecule has 1 amide bonds. The number of nitrogens with zero attached hydrogens (tertiary/aromatic N) is 2. The molecule has 28 heavy (non-hydrogen) atoms. The molecule has 0 bridgehead atoms. The van der Waals surface area contributed by atoms with E-state index < -0.39 is 0 Å². The van der Waals surface area contributed by atoms with E-state index in [0.717, 1.165) is 11.1 Å². The molecule has 4 rings (SSSR count). The number of aromatic amines is 1. The van der Waals surface area contributed by atoms with E-state index in [1.54, 1.807) is 25.6 Å². The first-order valence-corrected chi connectivity index (χ1v) is 9.22. The van der Waals surface area contributed by atoms with E-state index in [1.807, 2.05) is 36.4 Å². The number of pyridine rings is 1. The number of aromatic nitrogens is 3. The second-order valence-corrected chi connectivity index (χ2v) is 7.03. The number of amides is 1. The molecule has 144 valence electrons.